The highest BCUT2D eigenvalue weighted by molar-refractivity contribution is 5.37. The van der Waals surface area contributed by atoms with Crippen LogP contribution in [0.1, 0.15) is 52.9 Å². The Morgan fingerprint density at radius 2 is 1.80 bits per heavy atom. The van der Waals surface area contributed by atoms with Crippen LogP contribution >= 0.6 is 0 Å². The van der Waals surface area contributed by atoms with Crippen LogP contribution in [0.5, 0.6) is 0 Å². The first-order valence-corrected chi connectivity index (χ1v) is 6.22. The molecule has 1 aliphatic carbocycles. The molecule has 2 nitrogen and oxygen atoms in total. The van der Waals surface area contributed by atoms with Crippen LogP contribution in [0, 0.1) is 17.8 Å². The average molecular weight is 212 g/mol. The Kier molecular flexibility index (Phi) is 5.13. The van der Waals surface area contributed by atoms with E-state index >= 15 is 0 Å². The van der Waals surface area contributed by atoms with Gasteiger partial charge in [0.15, 0.2) is 0 Å². The van der Waals surface area contributed by atoms with Crippen LogP contribution in [0.2, 0.25) is 0 Å². The number of carbonyl (C=O) groups excluding carboxylic acids is 1. The molecule has 1 aliphatic rings. The minimum Gasteiger partial charge on any atom is -0.465 e. The monoisotopic (exact) mass is 212 g/mol. The topological polar surface area (TPSA) is 26.3 Å². The summed E-state index contributed by atoms with van der Waals surface area (Å²) in [5, 5.41) is 0. The van der Waals surface area contributed by atoms with E-state index in [0.29, 0.717) is 6.47 Å². The third-order valence-corrected chi connectivity index (χ3v) is 3.79. The third-order valence-electron chi connectivity index (χ3n) is 3.79. The van der Waals surface area contributed by atoms with Crippen molar-refractivity contribution in [2.45, 2.75) is 59.0 Å². The zero-order chi connectivity index (χ0) is 11.3. The van der Waals surface area contributed by atoms with Crippen molar-refractivity contribution in [2.75, 3.05) is 0 Å². The number of rotatable bonds is 5. The molecule has 0 saturated heterocycles. The maximum Gasteiger partial charge on any atom is 0.293 e. The number of hydrogen-bond acceptors (Lipinski definition) is 2. The second-order valence-corrected chi connectivity index (χ2v) is 5.30. The second-order valence-electron chi connectivity index (χ2n) is 5.30. The fraction of sp³-hybridized carbons (Fsp3) is 0.923. The van der Waals surface area contributed by atoms with Gasteiger partial charge in [-0.05, 0) is 43.9 Å². The maximum absolute atomic E-state index is 10.2. The van der Waals surface area contributed by atoms with Crippen molar-refractivity contribution in [1.29, 1.82) is 0 Å². The van der Waals surface area contributed by atoms with Crippen LogP contribution in [-0.2, 0) is 9.53 Å². The highest BCUT2D eigenvalue weighted by Crippen LogP contribution is 2.35. The van der Waals surface area contributed by atoms with Crippen LogP contribution in [0.25, 0.3) is 0 Å². The predicted molar refractivity (Wildman–Crippen MR) is 61.5 cm³/mol. The molecule has 0 radical (unpaired) electrons. The molecule has 0 heterocycles. The quantitative estimate of drug-likeness (QED) is 0.653. The van der Waals surface area contributed by atoms with Gasteiger partial charge in [0.05, 0.1) is 6.10 Å². The summed E-state index contributed by atoms with van der Waals surface area (Å²) in [4.78, 5) is 10.2. The summed E-state index contributed by atoms with van der Waals surface area (Å²) in [6.45, 7) is 7.21. The highest BCUT2D eigenvalue weighted by Gasteiger charge is 2.24. The standard InChI is InChI=1S/C13H24O2/c1-10(2)13-6-4-12(5-7-13)8-11(3)15-9-14/h9-13H,4-8H2,1-3H3. The molecule has 1 atom stereocenters. The van der Waals surface area contributed by atoms with E-state index in [1.54, 1.807) is 0 Å². The lowest BCUT2D eigenvalue weighted by Gasteiger charge is -2.31. The van der Waals surface area contributed by atoms with E-state index in [-0.39, 0.29) is 6.10 Å². The largest absolute Gasteiger partial charge is 0.465 e. The minimum atomic E-state index is 0.100. The summed E-state index contributed by atoms with van der Waals surface area (Å²) in [5.74, 6) is 2.52. The first-order chi connectivity index (χ1) is 7.13. The lowest BCUT2D eigenvalue weighted by molar-refractivity contribution is -0.133. The van der Waals surface area contributed by atoms with E-state index < -0.39 is 0 Å². The lowest BCUT2D eigenvalue weighted by Crippen LogP contribution is -2.22. The summed E-state index contributed by atoms with van der Waals surface area (Å²) < 4.78 is 4.94. The summed E-state index contributed by atoms with van der Waals surface area (Å²) in [6, 6.07) is 0. The molecule has 0 spiro atoms. The van der Waals surface area contributed by atoms with Crippen molar-refractivity contribution in [3.8, 4) is 0 Å². The molecule has 0 aromatic heterocycles. The average Bonchev–Trinajstić information content (AvgIpc) is 2.18. The van der Waals surface area contributed by atoms with Crippen molar-refractivity contribution >= 4 is 6.47 Å². The molecular formula is C13H24O2. The molecule has 0 aromatic rings. The van der Waals surface area contributed by atoms with Crippen LogP contribution in [0.15, 0.2) is 0 Å². The molecule has 0 aliphatic heterocycles. The second kappa shape index (κ2) is 6.14. The van der Waals surface area contributed by atoms with Crippen molar-refractivity contribution < 1.29 is 9.53 Å². The van der Waals surface area contributed by atoms with Gasteiger partial charge in [-0.3, -0.25) is 4.79 Å². The van der Waals surface area contributed by atoms with Crippen LogP contribution in [0.4, 0.5) is 0 Å². The van der Waals surface area contributed by atoms with E-state index in [1.807, 2.05) is 6.92 Å². The minimum absolute atomic E-state index is 0.100. The predicted octanol–water partition coefficient (Wildman–Crippen LogP) is 3.40. The normalized spacial score (nSPS) is 28.8. The van der Waals surface area contributed by atoms with E-state index in [9.17, 15) is 4.79 Å². The molecule has 2 heteroatoms. The summed E-state index contributed by atoms with van der Waals surface area (Å²) >= 11 is 0. The van der Waals surface area contributed by atoms with E-state index in [1.165, 1.54) is 25.7 Å². The Hall–Kier alpha value is -0.530. The molecule has 0 bridgehead atoms. The highest BCUT2D eigenvalue weighted by atomic mass is 16.5. The molecule has 1 saturated carbocycles. The zero-order valence-corrected chi connectivity index (χ0v) is 10.2. The van der Waals surface area contributed by atoms with Gasteiger partial charge in [0.25, 0.3) is 6.47 Å². The fourth-order valence-corrected chi connectivity index (χ4v) is 2.71. The molecule has 0 amide bonds. The fourth-order valence-electron chi connectivity index (χ4n) is 2.71. The van der Waals surface area contributed by atoms with Gasteiger partial charge >= 0.3 is 0 Å². The van der Waals surface area contributed by atoms with Crippen LogP contribution in [-0.4, -0.2) is 12.6 Å². The smallest absolute Gasteiger partial charge is 0.293 e. The van der Waals surface area contributed by atoms with Gasteiger partial charge in [0.1, 0.15) is 0 Å². The summed E-state index contributed by atoms with van der Waals surface area (Å²) in [5.41, 5.74) is 0. The van der Waals surface area contributed by atoms with Gasteiger partial charge in [-0.2, -0.15) is 0 Å². The van der Waals surface area contributed by atoms with Gasteiger partial charge in [-0.15, -0.1) is 0 Å². The van der Waals surface area contributed by atoms with Crippen molar-refractivity contribution in [1.82, 2.24) is 0 Å². The van der Waals surface area contributed by atoms with Crippen molar-refractivity contribution in [2.24, 2.45) is 17.8 Å². The van der Waals surface area contributed by atoms with Gasteiger partial charge in [-0.1, -0.05) is 26.7 Å². The van der Waals surface area contributed by atoms with Crippen molar-refractivity contribution in [3.05, 3.63) is 0 Å². The number of carbonyl (C=O) groups is 1. The van der Waals surface area contributed by atoms with Crippen LogP contribution < -0.4 is 0 Å². The maximum atomic E-state index is 10.2. The van der Waals surface area contributed by atoms with Crippen LogP contribution in [0.3, 0.4) is 0 Å². The molecule has 15 heavy (non-hydrogen) atoms. The van der Waals surface area contributed by atoms with Gasteiger partial charge < -0.3 is 4.74 Å². The molecule has 0 aromatic carbocycles. The van der Waals surface area contributed by atoms with Gasteiger partial charge in [0.2, 0.25) is 0 Å². The van der Waals surface area contributed by atoms with Gasteiger partial charge in [0, 0.05) is 0 Å². The lowest BCUT2D eigenvalue weighted by atomic mass is 9.75. The Morgan fingerprint density at radius 1 is 1.20 bits per heavy atom. The molecular weight excluding hydrogens is 188 g/mol. The number of hydrogen-bond donors (Lipinski definition) is 0. The Morgan fingerprint density at radius 3 is 2.27 bits per heavy atom. The van der Waals surface area contributed by atoms with Crippen molar-refractivity contribution in [3.63, 3.8) is 0 Å². The first-order valence-electron chi connectivity index (χ1n) is 6.22. The third kappa shape index (κ3) is 4.23. The first kappa shape index (κ1) is 12.5. The Balaban J connectivity index is 2.22. The molecule has 1 unspecified atom stereocenters. The SMILES string of the molecule is CC(CC1CCC(C(C)C)CC1)OC=O. The summed E-state index contributed by atoms with van der Waals surface area (Å²) in [7, 11) is 0. The van der Waals surface area contributed by atoms with Gasteiger partial charge in [-0.25, -0.2) is 0 Å². The van der Waals surface area contributed by atoms with E-state index in [2.05, 4.69) is 13.8 Å². The molecule has 0 N–H and O–H groups in total. The molecule has 88 valence electrons. The number of ether oxygens (including phenoxy) is 1. The molecule has 1 fully saturated rings. The van der Waals surface area contributed by atoms with E-state index in [4.69, 9.17) is 4.74 Å². The summed E-state index contributed by atoms with van der Waals surface area (Å²) in [6.07, 6.45) is 6.49. The Bertz CT molecular complexity index is 181. The Labute approximate surface area is 93.4 Å². The molecule has 1 rings (SSSR count). The zero-order valence-electron chi connectivity index (χ0n) is 10.2. The van der Waals surface area contributed by atoms with E-state index in [0.717, 1.165) is 24.2 Å².